The highest BCUT2D eigenvalue weighted by Crippen LogP contribution is 2.16. The number of nitrogens with two attached hydrogens (primary N) is 1. The van der Waals surface area contributed by atoms with Gasteiger partial charge in [0.15, 0.2) is 0 Å². The van der Waals surface area contributed by atoms with Gasteiger partial charge in [0.2, 0.25) is 11.8 Å². The van der Waals surface area contributed by atoms with Gasteiger partial charge in [-0.1, -0.05) is 0 Å². The first kappa shape index (κ1) is 15.7. The van der Waals surface area contributed by atoms with E-state index in [4.69, 9.17) is 10.8 Å². The van der Waals surface area contributed by atoms with E-state index in [0.717, 1.165) is 0 Å². The molecule has 9 heteroatoms. The fourth-order valence-electron chi connectivity index (χ4n) is 0.987. The van der Waals surface area contributed by atoms with Crippen LogP contribution in [0.2, 0.25) is 0 Å². The van der Waals surface area contributed by atoms with Gasteiger partial charge in [-0.15, -0.1) is 0 Å². The summed E-state index contributed by atoms with van der Waals surface area (Å²) in [6.45, 7) is -3.44. The average Bonchev–Trinajstić information content (AvgIpc) is 2.23. The van der Waals surface area contributed by atoms with Gasteiger partial charge in [0.25, 0.3) is 0 Å². The van der Waals surface area contributed by atoms with Gasteiger partial charge < -0.3 is 21.1 Å². The topological polar surface area (TPSA) is 95.7 Å². The number of carbonyl (C=O) groups excluding carboxylic acids is 2. The lowest BCUT2D eigenvalue weighted by Crippen LogP contribution is -2.46. The number of amides is 2. The molecule has 17 heavy (non-hydrogen) atoms. The van der Waals surface area contributed by atoms with Crippen LogP contribution in [-0.2, 0) is 9.59 Å². The smallest absolute Gasteiger partial charge is 0.395 e. The van der Waals surface area contributed by atoms with E-state index in [1.54, 1.807) is 0 Å². The number of rotatable bonds is 6. The highest BCUT2D eigenvalue weighted by Gasteiger charge is 2.32. The molecule has 0 saturated heterocycles. The van der Waals surface area contributed by atoms with Crippen molar-refractivity contribution < 1.29 is 27.9 Å². The number of alkyl halides is 3. The largest absolute Gasteiger partial charge is 0.406 e. The number of hydrogen-bond acceptors (Lipinski definition) is 4. The first-order valence-corrected chi connectivity index (χ1v) is 4.72. The van der Waals surface area contributed by atoms with Gasteiger partial charge in [-0.3, -0.25) is 9.59 Å². The second-order valence-corrected chi connectivity index (χ2v) is 3.13. The van der Waals surface area contributed by atoms with Crippen molar-refractivity contribution >= 4 is 11.8 Å². The van der Waals surface area contributed by atoms with Crippen LogP contribution in [0.5, 0.6) is 0 Å². The summed E-state index contributed by atoms with van der Waals surface area (Å²) in [6, 6.07) is 0. The quantitative estimate of drug-likeness (QED) is 0.536. The molecule has 0 aliphatic carbocycles. The van der Waals surface area contributed by atoms with Gasteiger partial charge >= 0.3 is 6.18 Å². The molecule has 0 unspecified atom stereocenters. The first-order chi connectivity index (χ1) is 7.80. The minimum absolute atomic E-state index is 0.355. The van der Waals surface area contributed by atoms with Crippen molar-refractivity contribution in [3.8, 4) is 0 Å². The fourth-order valence-corrected chi connectivity index (χ4v) is 0.987. The van der Waals surface area contributed by atoms with Crippen LogP contribution < -0.4 is 11.1 Å². The summed E-state index contributed by atoms with van der Waals surface area (Å²) in [6.07, 6.45) is -4.55. The third kappa shape index (κ3) is 7.53. The summed E-state index contributed by atoms with van der Waals surface area (Å²) < 4.78 is 36.2. The zero-order chi connectivity index (χ0) is 13.5. The Kier molecular flexibility index (Phi) is 6.51. The Bertz CT molecular complexity index is 270. The van der Waals surface area contributed by atoms with Crippen LogP contribution in [-0.4, -0.2) is 60.8 Å². The van der Waals surface area contributed by atoms with Crippen LogP contribution in [0.25, 0.3) is 0 Å². The third-order valence-corrected chi connectivity index (χ3v) is 1.71. The van der Waals surface area contributed by atoms with Gasteiger partial charge in [-0.2, -0.15) is 13.2 Å². The molecule has 0 rings (SSSR count). The van der Waals surface area contributed by atoms with Crippen LogP contribution in [0, 0.1) is 0 Å². The zero-order valence-electron chi connectivity index (χ0n) is 8.96. The molecule has 0 aromatic rings. The second kappa shape index (κ2) is 7.07. The summed E-state index contributed by atoms with van der Waals surface area (Å²) in [7, 11) is 0. The van der Waals surface area contributed by atoms with Crippen LogP contribution in [0.3, 0.4) is 0 Å². The molecule has 2 amide bonds. The summed E-state index contributed by atoms with van der Waals surface area (Å²) >= 11 is 0. The number of nitrogens with one attached hydrogen (secondary N) is 1. The maximum atomic E-state index is 12.1. The second-order valence-electron chi connectivity index (χ2n) is 3.13. The normalized spacial score (nSPS) is 11.1. The Morgan fingerprint density at radius 3 is 2.35 bits per heavy atom. The molecule has 0 spiro atoms. The van der Waals surface area contributed by atoms with E-state index in [2.05, 4.69) is 5.32 Å². The van der Waals surface area contributed by atoms with E-state index >= 15 is 0 Å². The predicted molar refractivity (Wildman–Crippen MR) is 51.8 cm³/mol. The molecule has 0 heterocycles. The van der Waals surface area contributed by atoms with Crippen molar-refractivity contribution in [1.29, 1.82) is 0 Å². The molecule has 0 fully saturated rings. The van der Waals surface area contributed by atoms with Crippen molar-refractivity contribution in [2.45, 2.75) is 6.18 Å². The number of aliphatic hydroxyl groups is 1. The Hall–Kier alpha value is -1.35. The van der Waals surface area contributed by atoms with Crippen molar-refractivity contribution in [1.82, 2.24) is 10.2 Å². The van der Waals surface area contributed by atoms with Gasteiger partial charge in [-0.25, -0.2) is 0 Å². The first-order valence-electron chi connectivity index (χ1n) is 4.72. The van der Waals surface area contributed by atoms with E-state index in [0.29, 0.717) is 4.90 Å². The highest BCUT2D eigenvalue weighted by atomic mass is 19.4. The molecule has 0 aromatic heterocycles. The fraction of sp³-hybridized carbons (Fsp3) is 0.750. The van der Waals surface area contributed by atoms with Crippen LogP contribution in [0.15, 0.2) is 0 Å². The minimum atomic E-state index is -4.55. The lowest BCUT2D eigenvalue weighted by atomic mass is 10.4. The highest BCUT2D eigenvalue weighted by molar-refractivity contribution is 5.85. The molecule has 0 aliphatic heterocycles. The summed E-state index contributed by atoms with van der Waals surface area (Å²) in [5.41, 5.74) is 4.94. The van der Waals surface area contributed by atoms with E-state index in [-0.39, 0.29) is 6.54 Å². The molecular weight excluding hydrogens is 243 g/mol. The number of hydrogen-bond donors (Lipinski definition) is 3. The molecule has 6 nitrogen and oxygen atoms in total. The molecule has 0 aliphatic rings. The lowest BCUT2D eigenvalue weighted by Gasteiger charge is -2.23. The van der Waals surface area contributed by atoms with Crippen molar-refractivity contribution in [3.05, 3.63) is 0 Å². The maximum absolute atomic E-state index is 12.1. The van der Waals surface area contributed by atoms with Gasteiger partial charge in [-0.05, 0) is 0 Å². The molecular formula is C8H14F3N3O3. The Balaban J connectivity index is 4.29. The predicted octanol–water partition coefficient (Wildman–Crippen LogP) is -1.56. The Morgan fingerprint density at radius 1 is 1.35 bits per heavy atom. The molecule has 4 N–H and O–H groups in total. The lowest BCUT2D eigenvalue weighted by molar-refractivity contribution is -0.161. The molecule has 0 saturated carbocycles. The standard InChI is InChI=1S/C8H14F3N3O3/c9-8(10,11)5-14(1-2-15)7(17)4-13-6(16)3-12/h15H,1-5,12H2,(H,13,16). The zero-order valence-corrected chi connectivity index (χ0v) is 8.96. The number of halogens is 3. The summed E-state index contributed by atoms with van der Waals surface area (Å²) in [4.78, 5) is 22.4. The summed E-state index contributed by atoms with van der Waals surface area (Å²) in [5, 5.41) is 10.6. The molecule has 0 aromatic carbocycles. The number of carbonyl (C=O) groups is 2. The van der Waals surface area contributed by atoms with Gasteiger partial charge in [0.1, 0.15) is 6.54 Å². The van der Waals surface area contributed by atoms with Crippen molar-refractivity contribution in [3.63, 3.8) is 0 Å². The average molecular weight is 257 g/mol. The number of aliphatic hydroxyl groups excluding tert-OH is 1. The maximum Gasteiger partial charge on any atom is 0.406 e. The van der Waals surface area contributed by atoms with Crippen LogP contribution in [0.1, 0.15) is 0 Å². The SMILES string of the molecule is NCC(=O)NCC(=O)N(CCO)CC(F)(F)F. The van der Waals surface area contributed by atoms with E-state index in [1.807, 2.05) is 0 Å². The molecule has 0 radical (unpaired) electrons. The van der Waals surface area contributed by atoms with E-state index in [1.165, 1.54) is 0 Å². The molecule has 0 atom stereocenters. The Morgan fingerprint density at radius 2 is 1.94 bits per heavy atom. The third-order valence-electron chi connectivity index (χ3n) is 1.71. The Labute approximate surface area is 95.6 Å². The van der Waals surface area contributed by atoms with Crippen molar-refractivity contribution in [2.75, 3.05) is 32.8 Å². The van der Waals surface area contributed by atoms with Crippen LogP contribution in [0.4, 0.5) is 13.2 Å². The van der Waals surface area contributed by atoms with Crippen LogP contribution >= 0.6 is 0 Å². The van der Waals surface area contributed by atoms with Gasteiger partial charge in [0.05, 0.1) is 19.7 Å². The molecule has 0 bridgehead atoms. The molecule has 100 valence electrons. The monoisotopic (exact) mass is 257 g/mol. The minimum Gasteiger partial charge on any atom is -0.395 e. The van der Waals surface area contributed by atoms with Gasteiger partial charge in [0, 0.05) is 6.54 Å². The van der Waals surface area contributed by atoms with Crippen molar-refractivity contribution in [2.24, 2.45) is 5.73 Å². The number of nitrogens with zero attached hydrogens (tertiary/aromatic N) is 1. The van der Waals surface area contributed by atoms with E-state index in [9.17, 15) is 22.8 Å². The summed E-state index contributed by atoms with van der Waals surface area (Å²) in [5.74, 6) is -1.58. The van der Waals surface area contributed by atoms with E-state index < -0.39 is 44.2 Å².